The number of nitrogens with two attached hydrogens (primary N) is 1. The Hall–Kier alpha value is -2.31. The molecular weight excluding hydrogens is 314 g/mol. The van der Waals surface area contributed by atoms with Crippen molar-refractivity contribution in [3.05, 3.63) is 64.2 Å². The van der Waals surface area contributed by atoms with Gasteiger partial charge in [-0.1, -0.05) is 17.7 Å². The Morgan fingerprint density at radius 2 is 1.77 bits per heavy atom. The number of hydrogen-bond acceptors (Lipinski definition) is 3. The first kappa shape index (κ1) is 16.1. The minimum absolute atomic E-state index is 0.0764. The molecule has 0 radical (unpaired) electrons. The fourth-order valence-electron chi connectivity index (χ4n) is 1.86. The van der Waals surface area contributed by atoms with Crippen molar-refractivity contribution in [2.24, 2.45) is 5.73 Å². The maximum Gasteiger partial charge on any atom is 0.238 e. The van der Waals surface area contributed by atoms with E-state index in [0.29, 0.717) is 0 Å². The number of benzene rings is 2. The second-order valence-corrected chi connectivity index (χ2v) is 4.80. The molecule has 0 aliphatic heterocycles. The second-order valence-electron chi connectivity index (χ2n) is 4.37. The van der Waals surface area contributed by atoms with Crippen LogP contribution in [0.25, 0.3) is 0 Å². The Balaban J connectivity index is 2.53. The third-order valence-corrected chi connectivity index (χ3v) is 3.11. The molecule has 2 aromatic carbocycles. The van der Waals surface area contributed by atoms with Gasteiger partial charge in [-0.15, -0.1) is 0 Å². The lowest BCUT2D eigenvalue weighted by Gasteiger charge is -2.11. The van der Waals surface area contributed by atoms with Crippen LogP contribution in [0.4, 0.5) is 14.5 Å². The van der Waals surface area contributed by atoms with Gasteiger partial charge in [0, 0.05) is 10.6 Å². The standard InChI is InChI=1S/C15H11ClF2N2O2/c16-8-4-5-12(20-13(21)7-19)9(6-8)15(22)14-10(17)2-1-3-11(14)18/h1-6H,7,19H2,(H,20,21). The summed E-state index contributed by atoms with van der Waals surface area (Å²) in [4.78, 5) is 23.8. The topological polar surface area (TPSA) is 72.2 Å². The highest BCUT2D eigenvalue weighted by Gasteiger charge is 2.22. The minimum Gasteiger partial charge on any atom is -0.324 e. The highest BCUT2D eigenvalue weighted by atomic mass is 35.5. The van der Waals surface area contributed by atoms with Crippen LogP contribution in [0.1, 0.15) is 15.9 Å². The number of rotatable bonds is 4. The van der Waals surface area contributed by atoms with Crippen LogP contribution in [0, 0.1) is 11.6 Å². The minimum atomic E-state index is -0.999. The van der Waals surface area contributed by atoms with Gasteiger partial charge in [0.05, 0.1) is 17.8 Å². The van der Waals surface area contributed by atoms with E-state index in [1.807, 2.05) is 0 Å². The predicted octanol–water partition coefficient (Wildman–Crippen LogP) is 2.75. The maximum atomic E-state index is 13.7. The van der Waals surface area contributed by atoms with E-state index in [4.69, 9.17) is 17.3 Å². The Labute approximate surface area is 129 Å². The molecule has 0 aromatic heterocycles. The van der Waals surface area contributed by atoms with Crippen LogP contribution in [-0.2, 0) is 4.79 Å². The summed E-state index contributed by atoms with van der Waals surface area (Å²) in [5, 5.41) is 2.57. The molecule has 0 saturated heterocycles. The van der Waals surface area contributed by atoms with Crippen molar-refractivity contribution in [3.8, 4) is 0 Å². The monoisotopic (exact) mass is 324 g/mol. The average molecular weight is 325 g/mol. The third-order valence-electron chi connectivity index (χ3n) is 2.88. The molecule has 0 saturated carbocycles. The lowest BCUT2D eigenvalue weighted by atomic mass is 10.0. The van der Waals surface area contributed by atoms with Crippen LogP contribution in [-0.4, -0.2) is 18.2 Å². The number of halogens is 3. The van der Waals surface area contributed by atoms with Crippen LogP contribution >= 0.6 is 11.6 Å². The van der Waals surface area contributed by atoms with E-state index < -0.39 is 28.9 Å². The molecule has 0 aliphatic rings. The van der Waals surface area contributed by atoms with Crippen molar-refractivity contribution in [3.63, 3.8) is 0 Å². The Kier molecular flexibility index (Phi) is 4.85. The molecule has 0 atom stereocenters. The van der Waals surface area contributed by atoms with Gasteiger partial charge in [0.1, 0.15) is 11.6 Å². The summed E-state index contributed by atoms with van der Waals surface area (Å²) in [5.74, 6) is -3.47. The van der Waals surface area contributed by atoms with Crippen molar-refractivity contribution in [1.29, 1.82) is 0 Å². The molecule has 1 amide bonds. The van der Waals surface area contributed by atoms with Crippen molar-refractivity contribution in [2.45, 2.75) is 0 Å². The van der Waals surface area contributed by atoms with Gasteiger partial charge in [0.2, 0.25) is 11.7 Å². The van der Waals surface area contributed by atoms with E-state index in [9.17, 15) is 18.4 Å². The normalized spacial score (nSPS) is 10.4. The Bertz CT molecular complexity index is 730. The first-order valence-electron chi connectivity index (χ1n) is 6.22. The van der Waals surface area contributed by atoms with Crippen LogP contribution in [0.15, 0.2) is 36.4 Å². The molecule has 4 nitrogen and oxygen atoms in total. The third kappa shape index (κ3) is 3.29. The number of amides is 1. The molecule has 22 heavy (non-hydrogen) atoms. The highest BCUT2D eigenvalue weighted by Crippen LogP contribution is 2.25. The van der Waals surface area contributed by atoms with E-state index >= 15 is 0 Å². The first-order chi connectivity index (χ1) is 10.4. The molecule has 0 spiro atoms. The predicted molar refractivity (Wildman–Crippen MR) is 78.9 cm³/mol. The number of carbonyl (C=O) groups is 2. The fraction of sp³-hybridized carbons (Fsp3) is 0.0667. The summed E-state index contributed by atoms with van der Waals surface area (Å²) < 4.78 is 27.5. The summed E-state index contributed by atoms with van der Waals surface area (Å²) in [7, 11) is 0. The molecule has 0 bridgehead atoms. The summed E-state index contributed by atoms with van der Waals surface area (Å²) in [6.45, 7) is -0.301. The largest absolute Gasteiger partial charge is 0.324 e. The van der Waals surface area contributed by atoms with Crippen LogP contribution in [0.5, 0.6) is 0 Å². The van der Waals surface area contributed by atoms with Crippen LogP contribution < -0.4 is 11.1 Å². The highest BCUT2D eigenvalue weighted by molar-refractivity contribution is 6.31. The molecular formula is C15H11ClF2N2O2. The Morgan fingerprint density at radius 1 is 1.14 bits per heavy atom. The van der Waals surface area contributed by atoms with Crippen molar-refractivity contribution in [2.75, 3.05) is 11.9 Å². The molecule has 3 N–H and O–H groups in total. The van der Waals surface area contributed by atoms with Gasteiger partial charge in [-0.25, -0.2) is 8.78 Å². The van der Waals surface area contributed by atoms with Gasteiger partial charge < -0.3 is 11.1 Å². The molecule has 2 aromatic rings. The summed E-state index contributed by atoms with van der Waals surface area (Å²) >= 11 is 5.82. The fourth-order valence-corrected chi connectivity index (χ4v) is 2.04. The average Bonchev–Trinajstić information content (AvgIpc) is 2.48. The van der Waals surface area contributed by atoms with Crippen LogP contribution in [0.2, 0.25) is 5.02 Å². The van der Waals surface area contributed by atoms with E-state index in [-0.39, 0.29) is 22.8 Å². The van der Waals surface area contributed by atoms with Gasteiger partial charge in [0.25, 0.3) is 0 Å². The summed E-state index contributed by atoms with van der Waals surface area (Å²) in [6, 6.07) is 7.11. The van der Waals surface area contributed by atoms with Gasteiger partial charge in [0.15, 0.2) is 0 Å². The number of carbonyl (C=O) groups excluding carboxylic acids is 2. The number of anilines is 1. The molecule has 114 valence electrons. The van der Waals surface area contributed by atoms with Gasteiger partial charge >= 0.3 is 0 Å². The molecule has 0 fully saturated rings. The van der Waals surface area contributed by atoms with Crippen LogP contribution in [0.3, 0.4) is 0 Å². The zero-order valence-electron chi connectivity index (χ0n) is 11.2. The summed E-state index contributed by atoms with van der Waals surface area (Å²) in [5.41, 5.74) is 4.43. The first-order valence-corrected chi connectivity index (χ1v) is 6.60. The van der Waals surface area contributed by atoms with Gasteiger partial charge in [-0.3, -0.25) is 9.59 Å². The molecule has 0 aliphatic carbocycles. The molecule has 7 heteroatoms. The van der Waals surface area contributed by atoms with E-state index in [0.717, 1.165) is 18.2 Å². The number of hydrogen-bond donors (Lipinski definition) is 2. The van der Waals surface area contributed by atoms with Crippen molar-refractivity contribution >= 4 is 29.0 Å². The van der Waals surface area contributed by atoms with E-state index in [1.165, 1.54) is 18.2 Å². The summed E-state index contributed by atoms with van der Waals surface area (Å²) in [6.07, 6.45) is 0. The van der Waals surface area contributed by atoms with Crippen molar-refractivity contribution < 1.29 is 18.4 Å². The zero-order chi connectivity index (χ0) is 16.3. The van der Waals surface area contributed by atoms with Gasteiger partial charge in [-0.05, 0) is 30.3 Å². The van der Waals surface area contributed by atoms with Gasteiger partial charge in [-0.2, -0.15) is 0 Å². The second kappa shape index (κ2) is 6.64. The lowest BCUT2D eigenvalue weighted by molar-refractivity contribution is -0.114. The quantitative estimate of drug-likeness (QED) is 0.849. The zero-order valence-corrected chi connectivity index (χ0v) is 12.0. The molecule has 0 heterocycles. The smallest absolute Gasteiger partial charge is 0.238 e. The van der Waals surface area contributed by atoms with E-state index in [2.05, 4.69) is 5.32 Å². The maximum absolute atomic E-state index is 13.7. The van der Waals surface area contributed by atoms with E-state index in [1.54, 1.807) is 0 Å². The number of ketones is 1. The molecule has 0 unspecified atom stereocenters. The van der Waals surface area contributed by atoms with Crippen molar-refractivity contribution in [1.82, 2.24) is 0 Å². The Morgan fingerprint density at radius 3 is 2.36 bits per heavy atom. The molecule has 2 rings (SSSR count). The number of nitrogens with one attached hydrogen (secondary N) is 1. The lowest BCUT2D eigenvalue weighted by Crippen LogP contribution is -2.23. The SMILES string of the molecule is NCC(=O)Nc1ccc(Cl)cc1C(=O)c1c(F)cccc1F.